The van der Waals surface area contributed by atoms with E-state index in [1.165, 1.54) is 17.9 Å². The number of pyridine rings is 1. The second-order valence-corrected chi connectivity index (χ2v) is 8.19. The van der Waals surface area contributed by atoms with Gasteiger partial charge in [0.15, 0.2) is 5.78 Å². The van der Waals surface area contributed by atoms with Gasteiger partial charge in [-0.3, -0.25) is 14.3 Å². The molecule has 0 radical (unpaired) electrons. The number of amides is 1. The molecule has 1 aromatic carbocycles. The van der Waals surface area contributed by atoms with Gasteiger partial charge in [0.05, 0.1) is 25.3 Å². The zero-order valence-corrected chi connectivity index (χ0v) is 19.6. The lowest BCUT2D eigenvalue weighted by atomic mass is 10.0. The van der Waals surface area contributed by atoms with Crippen LogP contribution in [0.1, 0.15) is 21.7 Å². The molecule has 3 aromatic rings. The molecule has 0 N–H and O–H groups in total. The minimum absolute atomic E-state index is 0.0387. The number of hydrogen-bond donors (Lipinski definition) is 0. The van der Waals surface area contributed by atoms with E-state index in [9.17, 15) is 22.8 Å². The molecule has 0 saturated carbocycles. The molecule has 0 unspecified atom stereocenters. The fourth-order valence-corrected chi connectivity index (χ4v) is 3.80. The van der Waals surface area contributed by atoms with Crippen molar-refractivity contribution >= 4 is 22.6 Å². The Kier molecular flexibility index (Phi) is 7.85. The van der Waals surface area contributed by atoms with Crippen LogP contribution in [0, 0.1) is 0 Å². The number of morpholine rings is 1. The van der Waals surface area contributed by atoms with E-state index in [0.29, 0.717) is 55.1 Å². The number of ether oxygens (including phenoxy) is 3. The van der Waals surface area contributed by atoms with E-state index in [1.54, 1.807) is 23.2 Å². The molecule has 0 atom stereocenters. The first kappa shape index (κ1) is 25.6. The molecular weight excluding hydrogens is 481 g/mol. The molecule has 1 aliphatic heterocycles. The Hall–Kier alpha value is -3.51. The van der Waals surface area contributed by atoms with E-state index in [1.807, 2.05) is 0 Å². The first-order chi connectivity index (χ1) is 17.2. The fourth-order valence-electron chi connectivity index (χ4n) is 3.80. The van der Waals surface area contributed by atoms with Crippen molar-refractivity contribution in [3.05, 3.63) is 53.5 Å². The molecule has 2 aromatic heterocycles. The van der Waals surface area contributed by atoms with Crippen LogP contribution in [0.5, 0.6) is 5.75 Å². The van der Waals surface area contributed by atoms with Crippen molar-refractivity contribution in [1.82, 2.24) is 19.7 Å². The number of benzene rings is 1. The molecule has 1 amide bonds. The van der Waals surface area contributed by atoms with Gasteiger partial charge in [0.25, 0.3) is 0 Å². The van der Waals surface area contributed by atoms with Gasteiger partial charge >= 0.3 is 6.18 Å². The molecule has 1 saturated heterocycles. The molecule has 36 heavy (non-hydrogen) atoms. The number of alkyl halides is 3. The van der Waals surface area contributed by atoms with Crippen molar-refractivity contribution in [1.29, 1.82) is 0 Å². The lowest BCUT2D eigenvalue weighted by molar-refractivity contribution is -0.141. The lowest BCUT2D eigenvalue weighted by Gasteiger charge is -2.26. The number of methoxy groups -OCH3 is 1. The minimum atomic E-state index is -4.66. The molecular formula is C24H25F3N4O5. The monoisotopic (exact) mass is 506 g/mol. The molecule has 1 aliphatic rings. The SMILES string of the molecule is COCCOc1cc2nn(CC(=O)N3CCOCC3)cc2cc1CC(=O)c1cccc(C(F)(F)F)n1. The lowest BCUT2D eigenvalue weighted by Crippen LogP contribution is -2.42. The van der Waals surface area contributed by atoms with Crippen molar-refractivity contribution in [2.24, 2.45) is 0 Å². The van der Waals surface area contributed by atoms with E-state index in [-0.39, 0.29) is 31.2 Å². The van der Waals surface area contributed by atoms with Crippen molar-refractivity contribution in [2.45, 2.75) is 19.1 Å². The summed E-state index contributed by atoms with van der Waals surface area (Å²) >= 11 is 0. The van der Waals surface area contributed by atoms with E-state index in [4.69, 9.17) is 14.2 Å². The third-order valence-electron chi connectivity index (χ3n) is 5.62. The number of ketones is 1. The summed E-state index contributed by atoms with van der Waals surface area (Å²) in [6, 6.07) is 6.54. The largest absolute Gasteiger partial charge is 0.491 e. The summed E-state index contributed by atoms with van der Waals surface area (Å²) in [7, 11) is 1.52. The Bertz CT molecular complexity index is 1240. The topological polar surface area (TPSA) is 95.8 Å². The van der Waals surface area contributed by atoms with E-state index in [0.717, 1.165) is 12.1 Å². The van der Waals surface area contributed by atoms with Gasteiger partial charge in [-0.1, -0.05) is 6.07 Å². The highest BCUT2D eigenvalue weighted by atomic mass is 19.4. The van der Waals surface area contributed by atoms with Crippen molar-refractivity contribution in [3.63, 3.8) is 0 Å². The first-order valence-corrected chi connectivity index (χ1v) is 11.3. The zero-order chi connectivity index (χ0) is 25.7. The van der Waals surface area contributed by atoms with Crippen LogP contribution in [0.2, 0.25) is 0 Å². The third-order valence-corrected chi connectivity index (χ3v) is 5.62. The average Bonchev–Trinajstić information content (AvgIpc) is 3.25. The maximum absolute atomic E-state index is 13.0. The number of fused-ring (bicyclic) bond motifs is 1. The maximum Gasteiger partial charge on any atom is 0.433 e. The summed E-state index contributed by atoms with van der Waals surface area (Å²) in [6.07, 6.45) is -3.20. The second kappa shape index (κ2) is 11.0. The normalized spacial score (nSPS) is 14.3. The summed E-state index contributed by atoms with van der Waals surface area (Å²) in [5, 5.41) is 5.11. The van der Waals surface area contributed by atoms with E-state index >= 15 is 0 Å². The maximum atomic E-state index is 13.0. The van der Waals surface area contributed by atoms with Gasteiger partial charge in [-0.2, -0.15) is 18.3 Å². The summed E-state index contributed by atoms with van der Waals surface area (Å²) in [5.74, 6) is -0.328. The van der Waals surface area contributed by atoms with Crippen LogP contribution in [-0.2, 0) is 33.4 Å². The molecule has 3 heterocycles. The van der Waals surface area contributed by atoms with Gasteiger partial charge in [0, 0.05) is 49.8 Å². The van der Waals surface area contributed by atoms with Gasteiger partial charge in [-0.15, -0.1) is 0 Å². The average molecular weight is 506 g/mol. The standard InChI is InChI=1S/C24H25F3N4O5/c1-34-9-10-36-21-13-19-17(14-31(29-19)15-23(33)30-5-7-35-8-6-30)11-16(21)12-20(32)18-3-2-4-22(28-18)24(25,26)27/h2-4,11,13-14H,5-10,12,15H2,1H3. The summed E-state index contributed by atoms with van der Waals surface area (Å²) in [5.41, 5.74) is -0.418. The predicted octanol–water partition coefficient (Wildman–Crippen LogP) is 2.76. The smallest absolute Gasteiger partial charge is 0.433 e. The van der Waals surface area contributed by atoms with Crippen molar-refractivity contribution in [2.75, 3.05) is 46.6 Å². The molecule has 192 valence electrons. The zero-order valence-electron chi connectivity index (χ0n) is 19.6. The van der Waals surface area contributed by atoms with Crippen LogP contribution in [0.25, 0.3) is 10.9 Å². The number of nitrogens with zero attached hydrogens (tertiary/aromatic N) is 4. The van der Waals surface area contributed by atoms with Crippen LogP contribution < -0.4 is 4.74 Å². The highest BCUT2D eigenvalue weighted by molar-refractivity contribution is 5.97. The Morgan fingerprint density at radius 2 is 1.92 bits per heavy atom. The molecule has 0 bridgehead atoms. The van der Waals surface area contributed by atoms with Crippen LogP contribution in [-0.4, -0.2) is 78.0 Å². The van der Waals surface area contributed by atoms with Gasteiger partial charge in [0.1, 0.15) is 30.3 Å². The highest BCUT2D eigenvalue weighted by Crippen LogP contribution is 2.29. The molecule has 1 fully saturated rings. The molecule has 4 rings (SSSR count). The fraction of sp³-hybridized carbons (Fsp3) is 0.417. The number of carbonyl (C=O) groups is 2. The Balaban J connectivity index is 1.58. The number of aromatic nitrogens is 3. The van der Waals surface area contributed by atoms with E-state index < -0.39 is 17.7 Å². The Labute approximate surface area is 204 Å². The Morgan fingerprint density at radius 3 is 2.64 bits per heavy atom. The van der Waals surface area contributed by atoms with Gasteiger partial charge in [-0.05, 0) is 18.2 Å². The van der Waals surface area contributed by atoms with Gasteiger partial charge in [0.2, 0.25) is 5.91 Å². The summed E-state index contributed by atoms with van der Waals surface area (Å²) in [6.45, 7) is 2.56. The molecule has 0 spiro atoms. The predicted molar refractivity (Wildman–Crippen MR) is 122 cm³/mol. The number of Topliss-reactive ketones (excluding diaryl/α,β-unsaturated/α-hetero) is 1. The number of hydrogen-bond acceptors (Lipinski definition) is 7. The molecule has 12 heteroatoms. The number of carbonyl (C=O) groups excluding carboxylic acids is 2. The Morgan fingerprint density at radius 1 is 1.14 bits per heavy atom. The van der Waals surface area contributed by atoms with Crippen LogP contribution >= 0.6 is 0 Å². The van der Waals surface area contributed by atoms with Gasteiger partial charge in [-0.25, -0.2) is 4.98 Å². The van der Waals surface area contributed by atoms with Crippen LogP contribution in [0.15, 0.2) is 36.5 Å². The first-order valence-electron chi connectivity index (χ1n) is 11.3. The van der Waals surface area contributed by atoms with Crippen LogP contribution in [0.4, 0.5) is 13.2 Å². The highest BCUT2D eigenvalue weighted by Gasteiger charge is 2.33. The van der Waals surface area contributed by atoms with Crippen molar-refractivity contribution in [3.8, 4) is 5.75 Å². The van der Waals surface area contributed by atoms with Crippen molar-refractivity contribution < 1.29 is 37.0 Å². The summed E-state index contributed by atoms with van der Waals surface area (Å²) in [4.78, 5) is 30.6. The number of rotatable bonds is 9. The molecule has 9 nitrogen and oxygen atoms in total. The van der Waals surface area contributed by atoms with E-state index in [2.05, 4.69) is 10.1 Å². The minimum Gasteiger partial charge on any atom is -0.491 e. The van der Waals surface area contributed by atoms with Crippen LogP contribution in [0.3, 0.4) is 0 Å². The third kappa shape index (κ3) is 6.18. The molecule has 0 aliphatic carbocycles. The van der Waals surface area contributed by atoms with Gasteiger partial charge < -0.3 is 19.1 Å². The number of halogens is 3. The second-order valence-electron chi connectivity index (χ2n) is 8.19. The quantitative estimate of drug-likeness (QED) is 0.325. The summed E-state index contributed by atoms with van der Waals surface area (Å²) < 4.78 is 56.7.